The van der Waals surface area contributed by atoms with E-state index >= 15 is 0 Å². The van der Waals surface area contributed by atoms with Crippen LogP contribution in [-0.4, -0.2) is 48.6 Å². The van der Waals surface area contributed by atoms with Crippen LogP contribution in [0.3, 0.4) is 0 Å². The molecule has 1 aliphatic heterocycles. The summed E-state index contributed by atoms with van der Waals surface area (Å²) in [5, 5.41) is 15.3. The summed E-state index contributed by atoms with van der Waals surface area (Å²) in [5.74, 6) is -1.06. The SMILES string of the molecule is COc1ccc(O)c(C(=O)c2cnn(C(=O)CN3c4cccc5cccc(c45)S3(=O)=O)c2)c1. The first-order chi connectivity index (χ1) is 15.8. The van der Waals surface area contributed by atoms with Crippen molar-refractivity contribution in [1.29, 1.82) is 0 Å². The second-order valence-corrected chi connectivity index (χ2v) is 9.25. The molecule has 0 saturated carbocycles. The highest BCUT2D eigenvalue weighted by molar-refractivity contribution is 7.93. The van der Waals surface area contributed by atoms with Gasteiger partial charge in [-0.2, -0.15) is 5.10 Å². The number of benzene rings is 3. The summed E-state index contributed by atoms with van der Waals surface area (Å²) in [4.78, 5) is 25.9. The van der Waals surface area contributed by atoms with Gasteiger partial charge in [-0.25, -0.2) is 13.1 Å². The van der Waals surface area contributed by atoms with Gasteiger partial charge in [0.05, 0.1) is 35.0 Å². The minimum absolute atomic E-state index is 0.00871. The summed E-state index contributed by atoms with van der Waals surface area (Å²) in [5.41, 5.74) is 0.466. The number of carbonyl (C=O) groups is 2. The van der Waals surface area contributed by atoms with Crippen molar-refractivity contribution in [2.75, 3.05) is 18.0 Å². The van der Waals surface area contributed by atoms with Crippen molar-refractivity contribution in [2.45, 2.75) is 4.90 Å². The quantitative estimate of drug-likeness (QED) is 0.452. The third-order valence-corrected chi connectivity index (χ3v) is 7.31. The van der Waals surface area contributed by atoms with Crippen LogP contribution in [0.5, 0.6) is 11.5 Å². The molecule has 0 saturated heterocycles. The summed E-state index contributed by atoms with van der Waals surface area (Å²) >= 11 is 0. The minimum Gasteiger partial charge on any atom is -0.507 e. The third kappa shape index (κ3) is 3.23. The van der Waals surface area contributed by atoms with E-state index in [2.05, 4.69) is 5.10 Å². The van der Waals surface area contributed by atoms with Crippen molar-refractivity contribution < 1.29 is 27.9 Å². The van der Waals surface area contributed by atoms with Gasteiger partial charge in [0.2, 0.25) is 0 Å². The van der Waals surface area contributed by atoms with Gasteiger partial charge in [-0.05, 0) is 35.7 Å². The van der Waals surface area contributed by atoms with Crippen molar-refractivity contribution in [3.63, 3.8) is 0 Å². The van der Waals surface area contributed by atoms with Crippen LogP contribution in [0, 0.1) is 0 Å². The van der Waals surface area contributed by atoms with E-state index in [1.54, 1.807) is 18.2 Å². The van der Waals surface area contributed by atoms with Gasteiger partial charge < -0.3 is 9.84 Å². The number of nitrogens with zero attached hydrogens (tertiary/aromatic N) is 3. The molecule has 0 unspecified atom stereocenters. The van der Waals surface area contributed by atoms with Crippen LogP contribution in [-0.2, 0) is 10.0 Å². The number of hydrogen-bond acceptors (Lipinski definition) is 7. The summed E-state index contributed by atoms with van der Waals surface area (Å²) in [6.45, 7) is -0.490. The van der Waals surface area contributed by atoms with Crippen molar-refractivity contribution in [1.82, 2.24) is 9.78 Å². The first kappa shape index (κ1) is 20.7. The lowest BCUT2D eigenvalue weighted by Gasteiger charge is -2.17. The normalized spacial score (nSPS) is 13.9. The fourth-order valence-electron chi connectivity index (χ4n) is 3.88. The topological polar surface area (TPSA) is 119 Å². The zero-order chi connectivity index (χ0) is 23.3. The number of aromatic nitrogens is 2. The Labute approximate surface area is 188 Å². The smallest absolute Gasteiger partial charge is 0.267 e. The van der Waals surface area contributed by atoms with Crippen LogP contribution in [0.1, 0.15) is 20.7 Å². The number of anilines is 1. The molecule has 33 heavy (non-hydrogen) atoms. The van der Waals surface area contributed by atoms with Gasteiger partial charge in [0.1, 0.15) is 18.0 Å². The molecule has 1 aliphatic rings. The Bertz CT molecular complexity index is 1550. The maximum absolute atomic E-state index is 13.1. The van der Waals surface area contributed by atoms with Gasteiger partial charge in [-0.15, -0.1) is 0 Å². The summed E-state index contributed by atoms with van der Waals surface area (Å²) < 4.78 is 33.2. The van der Waals surface area contributed by atoms with E-state index in [0.717, 1.165) is 14.4 Å². The largest absolute Gasteiger partial charge is 0.507 e. The van der Waals surface area contributed by atoms with Crippen LogP contribution in [0.4, 0.5) is 5.69 Å². The lowest BCUT2D eigenvalue weighted by Crippen LogP contribution is -2.35. The summed E-state index contributed by atoms with van der Waals surface area (Å²) in [7, 11) is -2.48. The predicted octanol–water partition coefficient (Wildman–Crippen LogP) is 2.83. The zero-order valence-electron chi connectivity index (χ0n) is 17.3. The number of ketones is 1. The second kappa shape index (κ2) is 7.45. The number of phenolic OH excluding ortho intramolecular Hbond substituents is 1. The van der Waals surface area contributed by atoms with Crippen LogP contribution < -0.4 is 9.04 Å². The highest BCUT2D eigenvalue weighted by Crippen LogP contribution is 2.41. The molecule has 0 atom stereocenters. The molecule has 0 spiro atoms. The van der Waals surface area contributed by atoms with Crippen molar-refractivity contribution in [3.8, 4) is 11.5 Å². The molecule has 4 aromatic rings. The first-order valence-corrected chi connectivity index (χ1v) is 11.3. The number of phenols is 1. The van der Waals surface area contributed by atoms with Crippen LogP contribution >= 0.6 is 0 Å². The van der Waals surface area contributed by atoms with E-state index in [-0.39, 0.29) is 21.8 Å². The number of carbonyl (C=O) groups excluding carboxylic acids is 2. The van der Waals surface area contributed by atoms with E-state index in [9.17, 15) is 23.1 Å². The Morgan fingerprint density at radius 3 is 2.61 bits per heavy atom. The monoisotopic (exact) mass is 463 g/mol. The first-order valence-electron chi connectivity index (χ1n) is 9.85. The molecule has 166 valence electrons. The summed E-state index contributed by atoms with van der Waals surface area (Å²) in [6, 6.07) is 14.4. The molecule has 1 aromatic heterocycles. The number of methoxy groups -OCH3 is 1. The number of rotatable bonds is 5. The fraction of sp³-hybridized carbons (Fsp3) is 0.0870. The molecule has 5 rings (SSSR count). The Balaban J connectivity index is 1.44. The number of hydrogen-bond donors (Lipinski definition) is 1. The fourth-order valence-corrected chi connectivity index (χ4v) is 5.54. The molecule has 0 amide bonds. The minimum atomic E-state index is -3.91. The van der Waals surface area contributed by atoms with Crippen LogP contribution in [0.25, 0.3) is 10.8 Å². The number of sulfonamides is 1. The van der Waals surface area contributed by atoms with E-state index < -0.39 is 28.3 Å². The van der Waals surface area contributed by atoms with Gasteiger partial charge in [-0.1, -0.05) is 24.3 Å². The van der Waals surface area contributed by atoms with Gasteiger partial charge in [0.25, 0.3) is 15.9 Å². The molecular weight excluding hydrogens is 446 g/mol. The van der Waals surface area contributed by atoms with Crippen LogP contribution in [0.2, 0.25) is 0 Å². The van der Waals surface area contributed by atoms with E-state index in [0.29, 0.717) is 16.8 Å². The number of ether oxygens (including phenoxy) is 1. The average Bonchev–Trinajstić information content (AvgIpc) is 3.39. The molecule has 0 aliphatic carbocycles. The van der Waals surface area contributed by atoms with E-state index in [4.69, 9.17) is 4.74 Å². The van der Waals surface area contributed by atoms with Gasteiger partial charge in [0.15, 0.2) is 5.78 Å². The molecule has 3 aromatic carbocycles. The van der Waals surface area contributed by atoms with Crippen molar-refractivity contribution in [2.24, 2.45) is 0 Å². The molecule has 2 heterocycles. The molecule has 0 fully saturated rings. The highest BCUT2D eigenvalue weighted by atomic mass is 32.2. The van der Waals surface area contributed by atoms with E-state index in [1.165, 1.54) is 43.8 Å². The van der Waals surface area contributed by atoms with Gasteiger partial charge >= 0.3 is 0 Å². The molecule has 9 nitrogen and oxygen atoms in total. The van der Waals surface area contributed by atoms with Crippen LogP contribution in [0.15, 0.2) is 71.9 Å². The number of aromatic hydroxyl groups is 1. The lowest BCUT2D eigenvalue weighted by atomic mass is 10.1. The predicted molar refractivity (Wildman–Crippen MR) is 119 cm³/mol. The maximum Gasteiger partial charge on any atom is 0.267 e. The Morgan fingerprint density at radius 2 is 1.85 bits per heavy atom. The Morgan fingerprint density at radius 1 is 1.09 bits per heavy atom. The van der Waals surface area contributed by atoms with E-state index in [1.807, 2.05) is 12.1 Å². The van der Waals surface area contributed by atoms with Crippen molar-refractivity contribution >= 4 is 38.2 Å². The van der Waals surface area contributed by atoms with Gasteiger partial charge in [0, 0.05) is 11.6 Å². The molecule has 1 N–H and O–H groups in total. The summed E-state index contributed by atoms with van der Waals surface area (Å²) in [6.07, 6.45) is 2.40. The average molecular weight is 463 g/mol. The maximum atomic E-state index is 13.1. The molecule has 10 heteroatoms. The standard InChI is InChI=1S/C23H17N3O6S/c1-32-16-8-9-19(27)17(10-16)23(29)15-11-24-25(12-15)21(28)13-26-18-6-2-4-14-5-3-7-20(22(14)18)33(26,30)31/h2-12,27H,13H2,1H3. The molecule has 0 bridgehead atoms. The Hall–Kier alpha value is -4.18. The second-order valence-electron chi connectivity index (χ2n) is 7.42. The lowest BCUT2D eigenvalue weighted by molar-refractivity contribution is 0.0909. The molecular formula is C23H17N3O6S. The Kier molecular flexibility index (Phi) is 4.68. The highest BCUT2D eigenvalue weighted by Gasteiger charge is 2.37. The third-order valence-electron chi connectivity index (χ3n) is 5.51. The molecule has 0 radical (unpaired) electrons. The van der Waals surface area contributed by atoms with Crippen molar-refractivity contribution in [3.05, 3.63) is 78.1 Å². The zero-order valence-corrected chi connectivity index (χ0v) is 18.1. The van der Waals surface area contributed by atoms with Gasteiger partial charge in [-0.3, -0.25) is 13.9 Å².